The zero-order valence-electron chi connectivity index (χ0n) is 18.3. The molecule has 1 aromatic carbocycles. The maximum Gasteiger partial charge on any atom is 0.339 e. The van der Waals surface area contributed by atoms with E-state index in [1.807, 2.05) is 0 Å². The number of carboxylic acids is 1. The summed E-state index contributed by atoms with van der Waals surface area (Å²) in [4.78, 5) is 58.2. The minimum atomic E-state index is -1.52. The summed E-state index contributed by atoms with van der Waals surface area (Å²) in [5.41, 5.74) is -0.217. The van der Waals surface area contributed by atoms with Crippen LogP contribution in [0.25, 0.3) is 0 Å². The van der Waals surface area contributed by atoms with Crippen molar-refractivity contribution in [2.45, 2.75) is 58.4 Å². The summed E-state index contributed by atoms with van der Waals surface area (Å²) >= 11 is 0. The number of benzene rings is 1. The lowest BCUT2D eigenvalue weighted by atomic mass is 9.98. The second kappa shape index (κ2) is 11.3. The molecule has 0 unspecified atom stereocenters. The van der Waals surface area contributed by atoms with Gasteiger partial charge in [0.2, 0.25) is 12.4 Å². The molecule has 33 heavy (non-hydrogen) atoms. The molecule has 5 atom stereocenters. The second-order valence-corrected chi connectivity index (χ2v) is 6.99. The molecule has 1 aliphatic heterocycles. The van der Waals surface area contributed by atoms with Crippen molar-refractivity contribution in [3.05, 3.63) is 29.8 Å². The zero-order valence-corrected chi connectivity index (χ0v) is 18.3. The van der Waals surface area contributed by atoms with Gasteiger partial charge in [-0.3, -0.25) is 19.2 Å². The molecule has 1 heterocycles. The lowest BCUT2D eigenvalue weighted by Crippen LogP contribution is -2.63. The SMILES string of the molecule is CC(=O)OC[C@@H]1O[C@H](Oc2ccccc2C(=O)O)[C@@H](OC(C)=O)[C@H](OC(C)=O)[C@H]1OC(C)=O. The molecular formula is C21H24O12. The van der Waals surface area contributed by atoms with Crippen LogP contribution in [0.15, 0.2) is 24.3 Å². The molecule has 1 aromatic rings. The monoisotopic (exact) mass is 468 g/mol. The number of carboxylic acid groups (broad SMARTS) is 1. The number of aromatic carboxylic acids is 1. The molecule has 0 aliphatic carbocycles. The number of carbonyl (C=O) groups is 5. The fourth-order valence-electron chi connectivity index (χ4n) is 3.15. The van der Waals surface area contributed by atoms with E-state index in [1.165, 1.54) is 24.3 Å². The van der Waals surface area contributed by atoms with Crippen LogP contribution >= 0.6 is 0 Å². The Kier molecular flexibility index (Phi) is 8.74. The maximum atomic E-state index is 11.8. The molecule has 1 saturated heterocycles. The molecule has 12 heteroatoms. The van der Waals surface area contributed by atoms with Crippen molar-refractivity contribution in [3.8, 4) is 5.75 Å². The largest absolute Gasteiger partial charge is 0.478 e. The van der Waals surface area contributed by atoms with Crippen LogP contribution in [0.5, 0.6) is 5.75 Å². The van der Waals surface area contributed by atoms with E-state index < -0.39 is 67.2 Å². The first-order chi connectivity index (χ1) is 15.5. The predicted molar refractivity (Wildman–Crippen MR) is 106 cm³/mol. The van der Waals surface area contributed by atoms with Crippen molar-refractivity contribution in [2.75, 3.05) is 6.61 Å². The Morgan fingerprint density at radius 1 is 0.818 bits per heavy atom. The summed E-state index contributed by atoms with van der Waals surface area (Å²) in [7, 11) is 0. The highest BCUT2D eigenvalue weighted by molar-refractivity contribution is 5.90. The van der Waals surface area contributed by atoms with Crippen molar-refractivity contribution in [1.29, 1.82) is 0 Å². The van der Waals surface area contributed by atoms with Gasteiger partial charge in [0.25, 0.3) is 0 Å². The molecule has 0 amide bonds. The van der Waals surface area contributed by atoms with Gasteiger partial charge in [0.15, 0.2) is 12.2 Å². The van der Waals surface area contributed by atoms with Crippen molar-refractivity contribution in [3.63, 3.8) is 0 Å². The van der Waals surface area contributed by atoms with E-state index in [2.05, 4.69) is 0 Å². The molecule has 0 bridgehead atoms. The van der Waals surface area contributed by atoms with Gasteiger partial charge in [-0.05, 0) is 12.1 Å². The van der Waals surface area contributed by atoms with Gasteiger partial charge in [-0.1, -0.05) is 12.1 Å². The number of esters is 4. The average molecular weight is 468 g/mol. The maximum absolute atomic E-state index is 11.8. The van der Waals surface area contributed by atoms with E-state index in [0.717, 1.165) is 27.7 Å². The Hall–Kier alpha value is -3.67. The number of rotatable bonds is 8. The Labute approximate surface area is 188 Å². The van der Waals surface area contributed by atoms with Crippen LogP contribution in [0.2, 0.25) is 0 Å². The Morgan fingerprint density at radius 2 is 1.36 bits per heavy atom. The van der Waals surface area contributed by atoms with Crippen molar-refractivity contribution in [2.24, 2.45) is 0 Å². The van der Waals surface area contributed by atoms with Gasteiger partial charge < -0.3 is 33.5 Å². The lowest BCUT2D eigenvalue weighted by molar-refractivity contribution is -0.288. The number of carbonyl (C=O) groups excluding carboxylic acids is 4. The minimum Gasteiger partial charge on any atom is -0.478 e. The Bertz CT molecular complexity index is 910. The number of ether oxygens (including phenoxy) is 6. The van der Waals surface area contributed by atoms with Gasteiger partial charge >= 0.3 is 29.8 Å². The zero-order chi connectivity index (χ0) is 24.7. The summed E-state index contributed by atoms with van der Waals surface area (Å²) in [5, 5.41) is 9.43. The molecule has 12 nitrogen and oxygen atoms in total. The van der Waals surface area contributed by atoms with Crippen LogP contribution < -0.4 is 4.74 Å². The highest BCUT2D eigenvalue weighted by Gasteiger charge is 2.53. The normalized spacial score (nSPS) is 24.2. The van der Waals surface area contributed by atoms with E-state index in [4.69, 9.17) is 28.4 Å². The third kappa shape index (κ3) is 7.17. The Morgan fingerprint density at radius 3 is 1.91 bits per heavy atom. The number of para-hydroxylation sites is 1. The highest BCUT2D eigenvalue weighted by atomic mass is 16.7. The van der Waals surface area contributed by atoms with Crippen LogP contribution in [-0.2, 0) is 42.9 Å². The van der Waals surface area contributed by atoms with E-state index in [9.17, 15) is 29.1 Å². The van der Waals surface area contributed by atoms with Gasteiger partial charge in [0.1, 0.15) is 24.0 Å². The van der Waals surface area contributed by atoms with Crippen LogP contribution in [0.3, 0.4) is 0 Å². The van der Waals surface area contributed by atoms with Gasteiger partial charge in [-0.25, -0.2) is 4.79 Å². The standard InChI is InChI=1S/C21H24O12/c1-10(22)28-9-16-17(29-11(2)23)18(30-12(3)24)19(31-13(4)25)21(33-16)32-15-8-6-5-7-14(15)20(26)27/h5-8,16-19,21H,9H2,1-4H3,(H,26,27)/t16-,17-,18+,19-,21-/m0/s1. The Balaban J connectivity index is 2.51. The molecule has 0 spiro atoms. The minimum absolute atomic E-state index is 0.133. The van der Waals surface area contributed by atoms with Gasteiger partial charge in [-0.2, -0.15) is 0 Å². The topological polar surface area (TPSA) is 161 Å². The van der Waals surface area contributed by atoms with Crippen LogP contribution in [0.4, 0.5) is 0 Å². The average Bonchev–Trinajstić information content (AvgIpc) is 2.70. The van der Waals surface area contributed by atoms with Gasteiger partial charge in [0.05, 0.1) is 0 Å². The van der Waals surface area contributed by atoms with E-state index in [-0.39, 0.29) is 11.3 Å². The molecule has 180 valence electrons. The molecule has 0 aromatic heterocycles. The third-order valence-corrected chi connectivity index (χ3v) is 4.31. The van der Waals surface area contributed by atoms with Crippen LogP contribution in [-0.4, -0.2) is 72.3 Å². The molecule has 1 aliphatic rings. The number of hydrogen-bond donors (Lipinski definition) is 1. The molecule has 1 N–H and O–H groups in total. The molecule has 2 rings (SSSR count). The van der Waals surface area contributed by atoms with Crippen LogP contribution in [0.1, 0.15) is 38.1 Å². The quantitative estimate of drug-likeness (QED) is 0.423. The van der Waals surface area contributed by atoms with Crippen molar-refractivity contribution >= 4 is 29.8 Å². The van der Waals surface area contributed by atoms with Gasteiger partial charge in [-0.15, -0.1) is 0 Å². The number of hydrogen-bond acceptors (Lipinski definition) is 11. The molecule has 0 radical (unpaired) electrons. The fraction of sp³-hybridized carbons (Fsp3) is 0.476. The van der Waals surface area contributed by atoms with Gasteiger partial charge in [0, 0.05) is 27.7 Å². The lowest BCUT2D eigenvalue weighted by Gasteiger charge is -2.44. The first-order valence-electron chi connectivity index (χ1n) is 9.79. The van der Waals surface area contributed by atoms with E-state index >= 15 is 0 Å². The van der Waals surface area contributed by atoms with E-state index in [1.54, 1.807) is 0 Å². The highest BCUT2D eigenvalue weighted by Crippen LogP contribution is 2.32. The van der Waals surface area contributed by atoms with Crippen molar-refractivity contribution < 1.29 is 57.5 Å². The van der Waals surface area contributed by atoms with Crippen LogP contribution in [0, 0.1) is 0 Å². The summed E-state index contributed by atoms with van der Waals surface area (Å²) < 4.78 is 32.3. The molecule has 1 fully saturated rings. The summed E-state index contributed by atoms with van der Waals surface area (Å²) in [5.74, 6) is -4.47. The summed E-state index contributed by atoms with van der Waals surface area (Å²) in [6.07, 6.45) is -6.97. The second-order valence-electron chi connectivity index (χ2n) is 6.99. The van der Waals surface area contributed by atoms with Crippen molar-refractivity contribution in [1.82, 2.24) is 0 Å². The van der Waals surface area contributed by atoms with E-state index in [0.29, 0.717) is 0 Å². The predicted octanol–water partition coefficient (Wildman–Crippen LogP) is 0.847. The molecule has 0 saturated carbocycles. The third-order valence-electron chi connectivity index (χ3n) is 4.31. The first-order valence-corrected chi connectivity index (χ1v) is 9.79. The smallest absolute Gasteiger partial charge is 0.339 e. The summed E-state index contributed by atoms with van der Waals surface area (Å²) in [6, 6.07) is 5.61. The summed E-state index contributed by atoms with van der Waals surface area (Å²) in [6.45, 7) is 3.98. The molecular weight excluding hydrogens is 444 g/mol. The fourth-order valence-corrected chi connectivity index (χ4v) is 3.15. The first kappa shape index (κ1) is 25.6.